The molecule has 1 amide bonds. The molecule has 0 radical (unpaired) electrons. The predicted octanol–water partition coefficient (Wildman–Crippen LogP) is 5.91. The van der Waals surface area contributed by atoms with Crippen molar-refractivity contribution in [3.8, 4) is 17.2 Å². The summed E-state index contributed by atoms with van der Waals surface area (Å²) in [4.78, 5) is 17.5. The van der Waals surface area contributed by atoms with E-state index in [9.17, 15) is 13.6 Å². The number of aromatic amines is 1. The number of anilines is 1. The first-order valence-corrected chi connectivity index (χ1v) is 9.80. The number of halogens is 2. The van der Waals surface area contributed by atoms with Crippen LogP contribution in [0.2, 0.25) is 0 Å². The van der Waals surface area contributed by atoms with Crippen LogP contribution in [0.3, 0.4) is 0 Å². The first kappa shape index (κ1) is 20.8. The Morgan fingerprint density at radius 2 is 1.86 bits per heavy atom. The second-order valence-electron chi connectivity index (χ2n) is 8.34. The Bertz CT molecular complexity index is 935. The average molecular weight is 401 g/mol. The van der Waals surface area contributed by atoms with Crippen LogP contribution in [-0.2, 0) is 4.74 Å². The van der Waals surface area contributed by atoms with Gasteiger partial charge in [-0.05, 0) is 51.8 Å². The summed E-state index contributed by atoms with van der Waals surface area (Å²) in [5.74, 6) is -1.01. The summed E-state index contributed by atoms with van der Waals surface area (Å²) in [6.45, 7) is 5.41. The molecule has 1 aromatic carbocycles. The zero-order valence-electron chi connectivity index (χ0n) is 16.9. The molecule has 1 fully saturated rings. The highest BCUT2D eigenvalue weighted by Crippen LogP contribution is 2.33. The second-order valence-corrected chi connectivity index (χ2v) is 8.34. The predicted molar refractivity (Wildman–Crippen MR) is 106 cm³/mol. The van der Waals surface area contributed by atoms with Crippen LogP contribution in [0.1, 0.15) is 58.4 Å². The topological polar surface area (TPSA) is 69.1 Å². The third-order valence-corrected chi connectivity index (χ3v) is 4.95. The highest BCUT2D eigenvalue weighted by molar-refractivity contribution is 5.88. The Morgan fingerprint density at radius 3 is 2.48 bits per heavy atom. The van der Waals surface area contributed by atoms with Crippen molar-refractivity contribution in [2.24, 2.45) is 0 Å². The van der Waals surface area contributed by atoms with Crippen molar-refractivity contribution < 1.29 is 18.3 Å². The van der Waals surface area contributed by atoms with Crippen LogP contribution in [0.5, 0.6) is 0 Å². The number of rotatable bonds is 3. The molecule has 0 atom stereocenters. The van der Waals surface area contributed by atoms with Crippen LogP contribution in [0.15, 0.2) is 24.4 Å². The van der Waals surface area contributed by atoms with E-state index in [0.29, 0.717) is 11.4 Å². The quantitative estimate of drug-likeness (QED) is 0.695. The van der Waals surface area contributed by atoms with Gasteiger partial charge >= 0.3 is 6.09 Å². The van der Waals surface area contributed by atoms with Crippen LogP contribution in [0.25, 0.3) is 11.1 Å². The third kappa shape index (κ3) is 4.76. The fourth-order valence-electron chi connectivity index (χ4n) is 3.63. The number of carbonyl (C=O) groups is 1. The highest BCUT2D eigenvalue weighted by Gasteiger charge is 2.32. The molecule has 3 rings (SSSR count). The standard InChI is InChI=1S/C22H25F2N3O2/c1-22(2,3)29-21(28)27(16-7-5-4-6-8-16)20-10-15(13-26-20)17-11-18(23)14(12-25)9-19(17)24/h9-11,13,16,26H,4-8H2,1-3H3. The van der Waals surface area contributed by atoms with Crippen molar-refractivity contribution in [3.05, 3.63) is 41.6 Å². The fraction of sp³-hybridized carbons (Fsp3) is 0.455. The van der Waals surface area contributed by atoms with E-state index in [1.165, 1.54) is 6.20 Å². The first-order chi connectivity index (χ1) is 13.7. The largest absolute Gasteiger partial charge is 0.443 e. The molecule has 0 spiro atoms. The number of nitriles is 1. The van der Waals surface area contributed by atoms with Crippen molar-refractivity contribution in [1.29, 1.82) is 5.26 Å². The third-order valence-electron chi connectivity index (χ3n) is 4.95. The summed E-state index contributed by atoms with van der Waals surface area (Å²) in [5.41, 5.74) is -0.580. The minimum atomic E-state index is -0.789. The van der Waals surface area contributed by atoms with Gasteiger partial charge in [0.05, 0.1) is 5.56 Å². The van der Waals surface area contributed by atoms with Crippen molar-refractivity contribution >= 4 is 11.9 Å². The number of hydrogen-bond donors (Lipinski definition) is 1. The highest BCUT2D eigenvalue weighted by atomic mass is 19.1. The van der Waals surface area contributed by atoms with Crippen molar-refractivity contribution in [1.82, 2.24) is 4.98 Å². The van der Waals surface area contributed by atoms with E-state index in [2.05, 4.69) is 4.98 Å². The Balaban J connectivity index is 1.96. The molecule has 0 saturated heterocycles. The molecule has 0 aliphatic heterocycles. The van der Waals surface area contributed by atoms with E-state index in [0.717, 1.165) is 44.2 Å². The van der Waals surface area contributed by atoms with Crippen LogP contribution < -0.4 is 4.90 Å². The molecule has 29 heavy (non-hydrogen) atoms. The molecule has 2 aromatic rings. The van der Waals surface area contributed by atoms with Gasteiger partial charge in [-0.15, -0.1) is 0 Å². The van der Waals surface area contributed by atoms with Gasteiger partial charge in [-0.3, -0.25) is 4.90 Å². The van der Waals surface area contributed by atoms with Crippen molar-refractivity contribution in [3.63, 3.8) is 0 Å². The molecule has 0 unspecified atom stereocenters. The van der Waals surface area contributed by atoms with Gasteiger partial charge in [0.25, 0.3) is 0 Å². The number of hydrogen-bond acceptors (Lipinski definition) is 3. The van der Waals surface area contributed by atoms with Crippen LogP contribution >= 0.6 is 0 Å². The van der Waals surface area contributed by atoms with Gasteiger partial charge in [-0.25, -0.2) is 13.6 Å². The smallest absolute Gasteiger partial charge is 0.416 e. The van der Waals surface area contributed by atoms with E-state index in [1.807, 2.05) is 0 Å². The van der Waals surface area contributed by atoms with E-state index in [1.54, 1.807) is 37.8 Å². The SMILES string of the molecule is CC(C)(C)OC(=O)N(c1cc(-c2cc(F)c(C#N)cc2F)c[nH]1)C1CCCCC1. The number of ether oxygens (including phenoxy) is 1. The van der Waals surface area contributed by atoms with Gasteiger partial charge in [0.1, 0.15) is 29.1 Å². The van der Waals surface area contributed by atoms with Crippen LogP contribution in [-0.4, -0.2) is 22.7 Å². The minimum Gasteiger partial charge on any atom is -0.443 e. The van der Waals surface area contributed by atoms with Gasteiger partial charge in [-0.1, -0.05) is 19.3 Å². The molecule has 5 nitrogen and oxygen atoms in total. The molecular weight excluding hydrogens is 376 g/mol. The second kappa shape index (κ2) is 8.24. The Labute approximate surface area is 169 Å². The zero-order valence-corrected chi connectivity index (χ0v) is 16.9. The number of carbonyl (C=O) groups excluding carboxylic acids is 1. The molecule has 1 aromatic heterocycles. The van der Waals surface area contributed by atoms with Gasteiger partial charge in [-0.2, -0.15) is 5.26 Å². The number of nitrogens with zero attached hydrogens (tertiary/aromatic N) is 2. The lowest BCUT2D eigenvalue weighted by Gasteiger charge is -2.34. The van der Waals surface area contributed by atoms with E-state index in [4.69, 9.17) is 10.00 Å². The Morgan fingerprint density at radius 1 is 1.17 bits per heavy atom. The van der Waals surface area contributed by atoms with Crippen LogP contribution in [0.4, 0.5) is 19.4 Å². The van der Waals surface area contributed by atoms with E-state index < -0.39 is 23.3 Å². The average Bonchev–Trinajstić information content (AvgIpc) is 3.12. The Kier molecular flexibility index (Phi) is 5.92. The molecule has 1 aliphatic carbocycles. The maximum atomic E-state index is 14.4. The monoisotopic (exact) mass is 401 g/mol. The summed E-state index contributed by atoms with van der Waals surface area (Å²) < 4.78 is 34.0. The molecule has 7 heteroatoms. The summed E-state index contributed by atoms with van der Waals surface area (Å²) in [7, 11) is 0. The normalized spacial score (nSPS) is 15.0. The number of benzene rings is 1. The molecule has 1 aliphatic rings. The molecule has 1 heterocycles. The van der Waals surface area contributed by atoms with Crippen LogP contribution in [0, 0.1) is 23.0 Å². The van der Waals surface area contributed by atoms with Gasteiger partial charge in [0, 0.05) is 23.4 Å². The van der Waals surface area contributed by atoms with Gasteiger partial charge in [0.2, 0.25) is 0 Å². The molecule has 1 N–H and O–H groups in total. The molecule has 0 bridgehead atoms. The summed E-state index contributed by atoms with van der Waals surface area (Å²) in [6, 6.07) is 5.10. The lowest BCUT2D eigenvalue weighted by molar-refractivity contribution is 0.0557. The molecule has 1 saturated carbocycles. The first-order valence-electron chi connectivity index (χ1n) is 9.80. The van der Waals surface area contributed by atoms with Crippen molar-refractivity contribution in [2.45, 2.75) is 64.5 Å². The van der Waals surface area contributed by atoms with Gasteiger partial charge < -0.3 is 9.72 Å². The lowest BCUT2D eigenvalue weighted by atomic mass is 9.94. The molecular formula is C22H25F2N3O2. The maximum Gasteiger partial charge on any atom is 0.416 e. The fourth-order valence-corrected chi connectivity index (χ4v) is 3.63. The Hall–Kier alpha value is -2.88. The number of amides is 1. The van der Waals surface area contributed by atoms with Crippen molar-refractivity contribution in [2.75, 3.05) is 4.90 Å². The maximum absolute atomic E-state index is 14.4. The van der Waals surface area contributed by atoms with Gasteiger partial charge in [0.15, 0.2) is 0 Å². The number of nitrogens with one attached hydrogen (secondary N) is 1. The summed E-state index contributed by atoms with van der Waals surface area (Å²) >= 11 is 0. The van der Waals surface area contributed by atoms with E-state index >= 15 is 0 Å². The number of aromatic nitrogens is 1. The van der Waals surface area contributed by atoms with E-state index in [-0.39, 0.29) is 17.2 Å². The summed E-state index contributed by atoms with van der Waals surface area (Å²) in [5, 5.41) is 8.86. The zero-order chi connectivity index (χ0) is 21.2. The lowest BCUT2D eigenvalue weighted by Crippen LogP contribution is -2.44. The summed E-state index contributed by atoms with van der Waals surface area (Å²) in [6.07, 6.45) is 5.94. The molecule has 154 valence electrons. The number of H-pyrrole nitrogens is 1. The minimum absolute atomic E-state index is 0.0207.